The van der Waals surface area contributed by atoms with Crippen LogP contribution in [0.15, 0.2) is 0 Å². The zero-order valence-electron chi connectivity index (χ0n) is 18.7. The molecular weight excluding hydrogens is 320 g/mol. The third-order valence-electron chi connectivity index (χ3n) is 5.06. The lowest BCUT2D eigenvalue weighted by molar-refractivity contribution is -0.151. The molecule has 0 heterocycles. The summed E-state index contributed by atoms with van der Waals surface area (Å²) in [5, 5.41) is 0. The van der Waals surface area contributed by atoms with Crippen molar-refractivity contribution in [2.45, 2.75) is 149 Å². The fourth-order valence-corrected chi connectivity index (χ4v) is 3.50. The number of rotatable bonds is 21. The Balaban J connectivity index is 3.05. The van der Waals surface area contributed by atoms with E-state index in [2.05, 4.69) is 20.8 Å². The number of hydrogen-bond donors (Lipinski definition) is 0. The standard InChI is InChI=1S/C24H50O2/c1-5-6-7-8-9-10-11-12-13-14-15-16-17-18-19-20-21-22-25-24(4)26-23(2)3/h23-24H,5-22H2,1-4H3. The molecule has 26 heavy (non-hydrogen) atoms. The third kappa shape index (κ3) is 22.0. The molecule has 0 aromatic rings. The van der Waals surface area contributed by atoms with Crippen LogP contribution in [0.5, 0.6) is 0 Å². The van der Waals surface area contributed by atoms with E-state index in [0.29, 0.717) is 0 Å². The molecule has 0 aliphatic carbocycles. The van der Waals surface area contributed by atoms with Crippen LogP contribution in [-0.4, -0.2) is 19.0 Å². The van der Waals surface area contributed by atoms with E-state index in [-0.39, 0.29) is 12.4 Å². The van der Waals surface area contributed by atoms with Crippen molar-refractivity contribution < 1.29 is 9.47 Å². The molecule has 0 spiro atoms. The molecule has 0 saturated carbocycles. The van der Waals surface area contributed by atoms with Gasteiger partial charge in [0.25, 0.3) is 0 Å². The van der Waals surface area contributed by atoms with Crippen LogP contribution in [0.4, 0.5) is 0 Å². The molecule has 0 rings (SSSR count). The van der Waals surface area contributed by atoms with Crippen molar-refractivity contribution in [1.82, 2.24) is 0 Å². The van der Waals surface area contributed by atoms with Gasteiger partial charge in [0.15, 0.2) is 6.29 Å². The molecule has 0 aliphatic heterocycles. The lowest BCUT2D eigenvalue weighted by Crippen LogP contribution is -2.18. The van der Waals surface area contributed by atoms with E-state index in [4.69, 9.17) is 9.47 Å². The maximum Gasteiger partial charge on any atom is 0.155 e. The zero-order valence-corrected chi connectivity index (χ0v) is 18.7. The summed E-state index contributed by atoms with van der Waals surface area (Å²) in [7, 11) is 0. The van der Waals surface area contributed by atoms with Crippen LogP contribution in [0.3, 0.4) is 0 Å². The molecule has 2 heteroatoms. The van der Waals surface area contributed by atoms with Gasteiger partial charge in [-0.1, -0.05) is 110 Å². The summed E-state index contributed by atoms with van der Waals surface area (Å²) in [6.45, 7) is 9.23. The second kappa shape index (κ2) is 21.2. The summed E-state index contributed by atoms with van der Waals surface area (Å²) >= 11 is 0. The second-order valence-electron chi connectivity index (χ2n) is 8.28. The molecule has 0 radical (unpaired) electrons. The highest BCUT2D eigenvalue weighted by atomic mass is 16.7. The van der Waals surface area contributed by atoms with Gasteiger partial charge in [-0.3, -0.25) is 0 Å². The SMILES string of the molecule is CCCCCCCCCCCCCCCCCCCOC(C)OC(C)C. The Morgan fingerprint density at radius 2 is 0.846 bits per heavy atom. The number of hydrogen-bond acceptors (Lipinski definition) is 2. The van der Waals surface area contributed by atoms with E-state index >= 15 is 0 Å². The summed E-state index contributed by atoms with van der Waals surface area (Å²) in [6, 6.07) is 0. The minimum atomic E-state index is -0.0592. The van der Waals surface area contributed by atoms with Gasteiger partial charge in [0, 0.05) is 6.61 Å². The molecule has 0 saturated heterocycles. The van der Waals surface area contributed by atoms with Crippen LogP contribution in [0.25, 0.3) is 0 Å². The molecule has 2 nitrogen and oxygen atoms in total. The Morgan fingerprint density at radius 1 is 0.500 bits per heavy atom. The van der Waals surface area contributed by atoms with Gasteiger partial charge in [0.05, 0.1) is 6.10 Å². The van der Waals surface area contributed by atoms with E-state index < -0.39 is 0 Å². The van der Waals surface area contributed by atoms with Gasteiger partial charge >= 0.3 is 0 Å². The van der Waals surface area contributed by atoms with Gasteiger partial charge in [0.2, 0.25) is 0 Å². The first kappa shape index (κ1) is 25.9. The predicted molar refractivity (Wildman–Crippen MR) is 116 cm³/mol. The fourth-order valence-electron chi connectivity index (χ4n) is 3.50. The van der Waals surface area contributed by atoms with Gasteiger partial charge in [-0.15, -0.1) is 0 Å². The van der Waals surface area contributed by atoms with Crippen molar-refractivity contribution in [2.24, 2.45) is 0 Å². The van der Waals surface area contributed by atoms with E-state index in [1.807, 2.05) is 6.92 Å². The van der Waals surface area contributed by atoms with Crippen LogP contribution in [0, 0.1) is 0 Å². The third-order valence-corrected chi connectivity index (χ3v) is 5.06. The lowest BCUT2D eigenvalue weighted by Gasteiger charge is -2.16. The average molecular weight is 371 g/mol. The van der Waals surface area contributed by atoms with Crippen molar-refractivity contribution in [3.8, 4) is 0 Å². The monoisotopic (exact) mass is 370 g/mol. The largest absolute Gasteiger partial charge is 0.353 e. The molecule has 158 valence electrons. The topological polar surface area (TPSA) is 18.5 Å². The molecule has 0 aliphatic rings. The minimum Gasteiger partial charge on any atom is -0.353 e. The van der Waals surface area contributed by atoms with Crippen LogP contribution >= 0.6 is 0 Å². The molecule has 0 fully saturated rings. The quantitative estimate of drug-likeness (QED) is 0.149. The van der Waals surface area contributed by atoms with Gasteiger partial charge < -0.3 is 9.47 Å². The molecule has 0 amide bonds. The molecule has 1 unspecified atom stereocenters. The Labute approximate surface area is 165 Å². The maximum atomic E-state index is 5.65. The van der Waals surface area contributed by atoms with Crippen molar-refractivity contribution in [2.75, 3.05) is 6.61 Å². The summed E-state index contributed by atoms with van der Waals surface area (Å²) in [5.74, 6) is 0. The number of unbranched alkanes of at least 4 members (excludes halogenated alkanes) is 16. The van der Waals surface area contributed by atoms with E-state index in [1.165, 1.54) is 109 Å². The van der Waals surface area contributed by atoms with Gasteiger partial charge in [-0.25, -0.2) is 0 Å². The molecule has 0 bridgehead atoms. The second-order valence-corrected chi connectivity index (χ2v) is 8.28. The fraction of sp³-hybridized carbons (Fsp3) is 1.00. The van der Waals surface area contributed by atoms with E-state index in [0.717, 1.165) is 6.61 Å². The van der Waals surface area contributed by atoms with Gasteiger partial charge in [-0.05, 0) is 27.2 Å². The summed E-state index contributed by atoms with van der Waals surface area (Å²) < 4.78 is 11.2. The minimum absolute atomic E-state index is 0.0592. The Kier molecular flexibility index (Phi) is 21.2. The Bertz CT molecular complexity index is 253. The van der Waals surface area contributed by atoms with E-state index in [1.54, 1.807) is 0 Å². The summed E-state index contributed by atoms with van der Waals surface area (Å²) in [6.07, 6.45) is 24.2. The van der Waals surface area contributed by atoms with Gasteiger partial charge in [-0.2, -0.15) is 0 Å². The predicted octanol–water partition coefficient (Wildman–Crippen LogP) is 8.43. The van der Waals surface area contributed by atoms with Crippen LogP contribution in [-0.2, 0) is 9.47 Å². The van der Waals surface area contributed by atoms with Crippen LogP contribution in [0.1, 0.15) is 137 Å². The molecular formula is C24H50O2. The first-order chi connectivity index (χ1) is 12.7. The highest BCUT2D eigenvalue weighted by molar-refractivity contribution is 4.50. The van der Waals surface area contributed by atoms with Gasteiger partial charge in [0.1, 0.15) is 0 Å². The van der Waals surface area contributed by atoms with Crippen molar-refractivity contribution in [3.05, 3.63) is 0 Å². The Morgan fingerprint density at radius 3 is 1.19 bits per heavy atom. The maximum absolute atomic E-state index is 5.65. The average Bonchev–Trinajstić information content (AvgIpc) is 2.60. The van der Waals surface area contributed by atoms with Crippen molar-refractivity contribution >= 4 is 0 Å². The summed E-state index contributed by atoms with van der Waals surface area (Å²) in [4.78, 5) is 0. The van der Waals surface area contributed by atoms with Crippen LogP contribution in [0.2, 0.25) is 0 Å². The van der Waals surface area contributed by atoms with Crippen molar-refractivity contribution in [1.29, 1.82) is 0 Å². The molecule has 1 atom stereocenters. The molecule has 0 aromatic heterocycles. The zero-order chi connectivity index (χ0) is 19.3. The lowest BCUT2D eigenvalue weighted by atomic mass is 10.0. The van der Waals surface area contributed by atoms with Crippen LogP contribution < -0.4 is 0 Å². The normalized spacial score (nSPS) is 12.8. The molecule has 0 aromatic carbocycles. The molecule has 0 N–H and O–H groups in total. The van der Waals surface area contributed by atoms with Crippen molar-refractivity contribution in [3.63, 3.8) is 0 Å². The highest BCUT2D eigenvalue weighted by Crippen LogP contribution is 2.14. The first-order valence-corrected chi connectivity index (χ1v) is 11.9. The Hall–Kier alpha value is -0.0800. The first-order valence-electron chi connectivity index (χ1n) is 11.9. The highest BCUT2D eigenvalue weighted by Gasteiger charge is 2.03. The summed E-state index contributed by atoms with van der Waals surface area (Å²) in [5.41, 5.74) is 0. The van der Waals surface area contributed by atoms with E-state index in [9.17, 15) is 0 Å². The smallest absolute Gasteiger partial charge is 0.155 e. The number of ether oxygens (including phenoxy) is 2.